The van der Waals surface area contributed by atoms with Gasteiger partial charge in [-0.05, 0) is 22.3 Å². The predicted octanol–water partition coefficient (Wildman–Crippen LogP) is 2.59. The maximum atomic E-state index is 14.2. The SMILES string of the molecule is CCOC(=O)[C@@H](F)[C@H](O)[C@@H]1O[C@H]1CO[Si](c1ccccc1)(c1ccccc1)C(C)(C)C. The van der Waals surface area contributed by atoms with Gasteiger partial charge in [-0.3, -0.25) is 0 Å². The highest BCUT2D eigenvalue weighted by Gasteiger charge is 2.54. The molecule has 1 aliphatic rings. The number of aliphatic hydroxyl groups excluding tert-OH is 1. The first kappa shape index (κ1) is 23.6. The Bertz CT molecular complexity index is 816. The molecule has 7 heteroatoms. The number of alkyl halides is 1. The second-order valence-electron chi connectivity index (χ2n) is 8.76. The van der Waals surface area contributed by atoms with Crippen LogP contribution in [0.4, 0.5) is 4.39 Å². The highest BCUT2D eigenvalue weighted by Crippen LogP contribution is 2.38. The summed E-state index contributed by atoms with van der Waals surface area (Å²) < 4.78 is 31.1. The molecule has 0 unspecified atom stereocenters. The van der Waals surface area contributed by atoms with Crippen molar-refractivity contribution in [3.05, 3.63) is 60.7 Å². The maximum absolute atomic E-state index is 14.2. The van der Waals surface area contributed by atoms with Crippen LogP contribution in [0.15, 0.2) is 60.7 Å². The van der Waals surface area contributed by atoms with E-state index >= 15 is 0 Å². The Labute approximate surface area is 184 Å². The van der Waals surface area contributed by atoms with Gasteiger partial charge in [-0.2, -0.15) is 0 Å². The van der Waals surface area contributed by atoms with E-state index in [4.69, 9.17) is 9.16 Å². The van der Waals surface area contributed by atoms with Crippen molar-refractivity contribution in [2.45, 2.75) is 57.2 Å². The summed E-state index contributed by atoms with van der Waals surface area (Å²) in [6.45, 7) is 8.33. The lowest BCUT2D eigenvalue weighted by Crippen LogP contribution is -2.66. The van der Waals surface area contributed by atoms with Gasteiger partial charge in [0, 0.05) is 0 Å². The van der Waals surface area contributed by atoms with E-state index in [-0.39, 0.29) is 18.3 Å². The van der Waals surface area contributed by atoms with Crippen molar-refractivity contribution < 1.29 is 28.2 Å². The molecule has 4 atom stereocenters. The van der Waals surface area contributed by atoms with Crippen LogP contribution in [-0.2, 0) is 18.7 Å². The first-order valence-corrected chi connectivity index (χ1v) is 12.5. The summed E-state index contributed by atoms with van der Waals surface area (Å²) in [7, 11) is -2.75. The maximum Gasteiger partial charge on any atom is 0.343 e. The van der Waals surface area contributed by atoms with Gasteiger partial charge in [-0.1, -0.05) is 81.4 Å². The molecule has 2 aromatic rings. The average molecular weight is 447 g/mol. The third-order valence-corrected chi connectivity index (χ3v) is 10.7. The molecule has 2 aromatic carbocycles. The summed E-state index contributed by atoms with van der Waals surface area (Å²) >= 11 is 0. The van der Waals surface area contributed by atoms with Gasteiger partial charge < -0.3 is 19.0 Å². The van der Waals surface area contributed by atoms with Gasteiger partial charge in [-0.15, -0.1) is 0 Å². The number of esters is 1. The molecule has 1 heterocycles. The third-order valence-electron chi connectivity index (χ3n) is 5.65. The van der Waals surface area contributed by atoms with E-state index < -0.39 is 38.8 Å². The van der Waals surface area contributed by atoms with E-state index in [1.165, 1.54) is 0 Å². The van der Waals surface area contributed by atoms with E-state index in [0.717, 1.165) is 10.4 Å². The number of carbonyl (C=O) groups excluding carboxylic acids is 1. The van der Waals surface area contributed by atoms with Crippen LogP contribution < -0.4 is 10.4 Å². The molecule has 0 aromatic heterocycles. The molecule has 0 radical (unpaired) electrons. The van der Waals surface area contributed by atoms with Crippen molar-refractivity contribution in [3.63, 3.8) is 0 Å². The minimum absolute atomic E-state index is 0.0535. The molecule has 1 aliphatic heterocycles. The fourth-order valence-electron chi connectivity index (χ4n) is 4.09. The van der Waals surface area contributed by atoms with Crippen molar-refractivity contribution in [2.75, 3.05) is 13.2 Å². The zero-order valence-corrected chi connectivity index (χ0v) is 19.5. The summed E-state index contributed by atoms with van der Waals surface area (Å²) in [4.78, 5) is 11.6. The van der Waals surface area contributed by atoms with E-state index in [2.05, 4.69) is 49.8 Å². The monoisotopic (exact) mass is 446 g/mol. The number of rotatable bonds is 9. The normalized spacial score (nSPS) is 20.7. The smallest absolute Gasteiger partial charge is 0.343 e. The fraction of sp³-hybridized carbons (Fsp3) is 0.458. The summed E-state index contributed by atoms with van der Waals surface area (Å²) in [6, 6.07) is 20.3. The molecule has 0 bridgehead atoms. The van der Waals surface area contributed by atoms with Crippen molar-refractivity contribution in [1.82, 2.24) is 0 Å². The Morgan fingerprint density at radius 3 is 2.06 bits per heavy atom. The molecule has 3 rings (SSSR count). The van der Waals surface area contributed by atoms with Gasteiger partial charge in [0.05, 0.1) is 13.2 Å². The average Bonchev–Trinajstić information content (AvgIpc) is 3.53. The predicted molar refractivity (Wildman–Crippen MR) is 120 cm³/mol. The number of hydrogen-bond acceptors (Lipinski definition) is 5. The van der Waals surface area contributed by atoms with E-state index in [1.807, 2.05) is 36.4 Å². The van der Waals surface area contributed by atoms with Crippen LogP contribution in [0.3, 0.4) is 0 Å². The van der Waals surface area contributed by atoms with Gasteiger partial charge in [0.1, 0.15) is 18.3 Å². The minimum Gasteiger partial charge on any atom is -0.464 e. The molecule has 168 valence electrons. The highest BCUT2D eigenvalue weighted by atomic mass is 28.4. The molecule has 0 spiro atoms. The standard InChI is InChI=1S/C24H31FO5Si/c1-5-28-23(27)20(25)21(26)22-19(30-22)16-29-31(24(2,3)4,17-12-8-6-9-13-17)18-14-10-7-11-15-18/h6-15,19-22,26H,5,16H2,1-4H3/t19-,20-,21-,22+/m0/s1. The Kier molecular flexibility index (Phi) is 7.31. The van der Waals surface area contributed by atoms with Gasteiger partial charge in [0.15, 0.2) is 0 Å². The Morgan fingerprint density at radius 2 is 1.61 bits per heavy atom. The summed E-state index contributed by atoms with van der Waals surface area (Å²) in [5, 5.41) is 12.3. The fourth-order valence-corrected chi connectivity index (χ4v) is 8.66. The van der Waals surface area contributed by atoms with Crippen LogP contribution in [0.1, 0.15) is 27.7 Å². The molecular weight excluding hydrogens is 415 g/mol. The topological polar surface area (TPSA) is 68.3 Å². The van der Waals surface area contributed by atoms with Crippen LogP contribution >= 0.6 is 0 Å². The quantitative estimate of drug-likeness (QED) is 0.364. The molecule has 5 nitrogen and oxygen atoms in total. The number of hydrogen-bond donors (Lipinski definition) is 1. The molecule has 1 N–H and O–H groups in total. The summed E-state index contributed by atoms with van der Waals surface area (Å²) in [5.74, 6) is -1.07. The van der Waals surface area contributed by atoms with Crippen molar-refractivity contribution in [3.8, 4) is 0 Å². The number of ether oxygens (including phenoxy) is 2. The molecule has 0 amide bonds. The molecule has 1 saturated heterocycles. The third kappa shape index (κ3) is 4.90. The molecule has 31 heavy (non-hydrogen) atoms. The summed E-state index contributed by atoms with van der Waals surface area (Å²) in [6.07, 6.45) is -4.99. The molecule has 0 aliphatic carbocycles. The Hall–Kier alpha value is -2.06. The first-order valence-electron chi connectivity index (χ1n) is 10.6. The largest absolute Gasteiger partial charge is 0.464 e. The number of aliphatic hydroxyl groups is 1. The van der Waals surface area contributed by atoms with E-state index in [1.54, 1.807) is 6.92 Å². The number of carbonyl (C=O) groups is 1. The van der Waals surface area contributed by atoms with Crippen LogP contribution in [0, 0.1) is 0 Å². The van der Waals surface area contributed by atoms with Gasteiger partial charge >= 0.3 is 5.97 Å². The van der Waals surface area contributed by atoms with Crippen molar-refractivity contribution in [1.29, 1.82) is 0 Å². The van der Waals surface area contributed by atoms with E-state index in [9.17, 15) is 14.3 Å². The number of epoxide rings is 1. The van der Waals surface area contributed by atoms with Gasteiger partial charge in [0.25, 0.3) is 8.32 Å². The highest BCUT2D eigenvalue weighted by molar-refractivity contribution is 6.99. The van der Waals surface area contributed by atoms with Gasteiger partial charge in [-0.25, -0.2) is 9.18 Å². The molecule has 1 fully saturated rings. The van der Waals surface area contributed by atoms with Crippen LogP contribution in [0.5, 0.6) is 0 Å². The van der Waals surface area contributed by atoms with Crippen LogP contribution in [-0.4, -0.2) is 57.1 Å². The first-order chi connectivity index (χ1) is 14.7. The Balaban J connectivity index is 1.82. The Morgan fingerprint density at radius 1 is 1.10 bits per heavy atom. The molecular formula is C24H31FO5Si. The number of halogens is 1. The lowest BCUT2D eigenvalue weighted by Gasteiger charge is -2.43. The van der Waals surface area contributed by atoms with Crippen LogP contribution in [0.2, 0.25) is 5.04 Å². The zero-order valence-electron chi connectivity index (χ0n) is 18.5. The second kappa shape index (κ2) is 9.61. The van der Waals surface area contributed by atoms with Gasteiger partial charge in [0.2, 0.25) is 6.17 Å². The second-order valence-corrected chi connectivity index (χ2v) is 13.1. The van der Waals surface area contributed by atoms with Crippen molar-refractivity contribution in [2.24, 2.45) is 0 Å². The van der Waals surface area contributed by atoms with Crippen LogP contribution in [0.25, 0.3) is 0 Å². The number of benzene rings is 2. The zero-order chi connectivity index (χ0) is 22.6. The molecule has 0 saturated carbocycles. The lowest BCUT2D eigenvalue weighted by atomic mass is 10.1. The summed E-state index contributed by atoms with van der Waals surface area (Å²) in [5.41, 5.74) is 0. The lowest BCUT2D eigenvalue weighted by molar-refractivity contribution is -0.154. The van der Waals surface area contributed by atoms with E-state index in [0.29, 0.717) is 0 Å². The minimum atomic E-state index is -2.75. The van der Waals surface area contributed by atoms with Crippen molar-refractivity contribution >= 4 is 24.7 Å².